The lowest BCUT2D eigenvalue weighted by Gasteiger charge is -2.39. The summed E-state index contributed by atoms with van der Waals surface area (Å²) in [5.41, 5.74) is 0. The van der Waals surface area contributed by atoms with Gasteiger partial charge in [0.15, 0.2) is 0 Å². The van der Waals surface area contributed by atoms with Crippen molar-refractivity contribution in [2.45, 2.75) is 48.8 Å². The van der Waals surface area contributed by atoms with Gasteiger partial charge in [-0.2, -0.15) is 57.1 Å². The molecule has 3 nitrogen and oxygen atoms in total. The van der Waals surface area contributed by atoms with Crippen molar-refractivity contribution in [1.82, 2.24) is 15.0 Å². The maximum absolute atomic E-state index is 13.4. The molecule has 0 aliphatic rings. The molecule has 1 aromatic heterocycles. The lowest BCUT2D eigenvalue weighted by atomic mass is 9.92. The highest BCUT2D eigenvalue weighted by molar-refractivity contribution is 5.10. The van der Waals surface area contributed by atoms with E-state index in [0.29, 0.717) is 4.68 Å². The van der Waals surface area contributed by atoms with E-state index < -0.39 is 48.8 Å². The van der Waals surface area contributed by atoms with Gasteiger partial charge in [-0.1, -0.05) is 5.21 Å². The van der Waals surface area contributed by atoms with Gasteiger partial charge in [0.25, 0.3) is 0 Å². The number of aryl methyl sites for hydroxylation is 1. The van der Waals surface area contributed by atoms with Gasteiger partial charge >= 0.3 is 35.8 Å². The molecule has 1 aromatic rings. The Hall–Kier alpha value is -1.77. The summed E-state index contributed by atoms with van der Waals surface area (Å²) in [6.07, 6.45) is -8.14. The van der Waals surface area contributed by atoms with Gasteiger partial charge in [-0.3, -0.25) is 4.68 Å². The summed E-state index contributed by atoms with van der Waals surface area (Å²) in [5.74, 6) is -36.7. The third-order valence-electron chi connectivity index (χ3n) is 3.13. The minimum Gasteiger partial charge on any atom is -0.252 e. The first-order valence-electron chi connectivity index (χ1n) is 6.13. The van der Waals surface area contributed by atoms with Gasteiger partial charge in [0.1, 0.15) is 0 Å². The van der Waals surface area contributed by atoms with Gasteiger partial charge in [-0.05, 0) is 0 Å². The van der Waals surface area contributed by atoms with Gasteiger partial charge in [0.05, 0.1) is 6.20 Å². The van der Waals surface area contributed by atoms with Crippen molar-refractivity contribution in [2.75, 3.05) is 0 Å². The molecule has 0 atom stereocenters. The third kappa shape index (κ3) is 3.17. The molecule has 0 aromatic carbocycles. The maximum Gasteiger partial charge on any atom is 0.460 e. The smallest absolute Gasteiger partial charge is 0.252 e. The second-order valence-corrected chi connectivity index (χ2v) is 4.92. The Kier molecular flexibility index (Phi) is 5.26. The number of hydrogen-bond acceptors (Lipinski definition) is 2. The molecule has 0 fully saturated rings. The zero-order chi connectivity index (χ0) is 20.8. The SMILES string of the molecule is FC(F)(F)C(F)(F)C(F)(F)C(F)(F)C(F)(F)C(F)(F)CCn1ccnn1. The van der Waals surface area contributed by atoms with Crippen LogP contribution < -0.4 is 0 Å². The summed E-state index contributed by atoms with van der Waals surface area (Å²) >= 11 is 0. The van der Waals surface area contributed by atoms with E-state index in [2.05, 4.69) is 10.3 Å². The van der Waals surface area contributed by atoms with Crippen LogP contribution in [0.1, 0.15) is 6.42 Å². The first-order chi connectivity index (χ1) is 11.3. The van der Waals surface area contributed by atoms with E-state index in [4.69, 9.17) is 0 Å². The van der Waals surface area contributed by atoms with E-state index >= 15 is 0 Å². The Morgan fingerprint density at radius 1 is 0.654 bits per heavy atom. The van der Waals surface area contributed by atoms with Gasteiger partial charge in [0.2, 0.25) is 0 Å². The fraction of sp³-hybridized carbons (Fsp3) is 0.800. The zero-order valence-corrected chi connectivity index (χ0v) is 11.8. The van der Waals surface area contributed by atoms with Crippen LogP contribution in [0.25, 0.3) is 0 Å². The van der Waals surface area contributed by atoms with E-state index in [1.165, 1.54) is 0 Å². The summed E-state index contributed by atoms with van der Waals surface area (Å²) in [5, 5.41) is 5.99. The highest BCUT2D eigenvalue weighted by Gasteiger charge is 2.90. The van der Waals surface area contributed by atoms with Gasteiger partial charge in [-0.15, -0.1) is 5.10 Å². The molecule has 0 bridgehead atoms. The molecular formula is C10H6F13N3. The summed E-state index contributed by atoms with van der Waals surface area (Å²) in [6.45, 7) is -1.31. The topological polar surface area (TPSA) is 30.7 Å². The predicted molar refractivity (Wildman–Crippen MR) is 55.4 cm³/mol. The van der Waals surface area contributed by atoms with Crippen LogP contribution in [0.5, 0.6) is 0 Å². The number of hydrogen-bond donors (Lipinski definition) is 0. The van der Waals surface area contributed by atoms with Gasteiger partial charge < -0.3 is 0 Å². The largest absolute Gasteiger partial charge is 0.460 e. The van der Waals surface area contributed by atoms with Crippen LogP contribution in [0.15, 0.2) is 12.4 Å². The van der Waals surface area contributed by atoms with Crippen LogP contribution >= 0.6 is 0 Å². The average Bonchev–Trinajstić information content (AvgIpc) is 2.96. The highest BCUT2D eigenvalue weighted by atomic mass is 19.4. The van der Waals surface area contributed by atoms with Crippen molar-refractivity contribution >= 4 is 0 Å². The van der Waals surface area contributed by atoms with Crippen molar-refractivity contribution < 1.29 is 57.1 Å². The van der Waals surface area contributed by atoms with Crippen molar-refractivity contribution in [2.24, 2.45) is 0 Å². The second-order valence-electron chi connectivity index (χ2n) is 4.92. The van der Waals surface area contributed by atoms with E-state index in [-0.39, 0.29) is 0 Å². The number of nitrogens with zero attached hydrogens (tertiary/aromatic N) is 3. The highest BCUT2D eigenvalue weighted by Crippen LogP contribution is 2.60. The van der Waals surface area contributed by atoms with Crippen LogP contribution in [0.3, 0.4) is 0 Å². The molecule has 0 spiro atoms. The molecule has 0 saturated carbocycles. The summed E-state index contributed by atoms with van der Waals surface area (Å²) in [7, 11) is 0. The maximum atomic E-state index is 13.4. The molecule has 0 aliphatic heterocycles. The molecule has 0 unspecified atom stereocenters. The number of halogens is 13. The van der Waals surface area contributed by atoms with Gasteiger partial charge in [-0.25, -0.2) is 0 Å². The van der Waals surface area contributed by atoms with E-state index in [1.54, 1.807) is 0 Å². The molecule has 0 aliphatic carbocycles. The number of alkyl halides is 13. The first kappa shape index (κ1) is 22.3. The molecule has 152 valence electrons. The molecular weight excluding hydrogens is 409 g/mol. The summed E-state index contributed by atoms with van der Waals surface area (Å²) < 4.78 is 167. The second kappa shape index (κ2) is 6.14. The molecule has 0 radical (unpaired) electrons. The fourth-order valence-corrected chi connectivity index (χ4v) is 1.57. The Morgan fingerprint density at radius 2 is 1.12 bits per heavy atom. The Labute approximate surface area is 134 Å². The zero-order valence-electron chi connectivity index (χ0n) is 11.8. The molecule has 0 N–H and O–H groups in total. The van der Waals surface area contributed by atoms with E-state index in [1.807, 2.05) is 0 Å². The molecule has 0 saturated heterocycles. The van der Waals surface area contributed by atoms with Crippen molar-refractivity contribution in [3.8, 4) is 0 Å². The van der Waals surface area contributed by atoms with Crippen molar-refractivity contribution in [3.63, 3.8) is 0 Å². The Balaban J connectivity index is 3.25. The normalized spacial score (nSPS) is 15.4. The van der Waals surface area contributed by atoms with Crippen LogP contribution in [0, 0.1) is 0 Å². The minimum atomic E-state index is -7.88. The molecule has 0 amide bonds. The van der Waals surface area contributed by atoms with Crippen LogP contribution in [0.4, 0.5) is 57.1 Å². The lowest BCUT2D eigenvalue weighted by molar-refractivity contribution is -0.440. The van der Waals surface area contributed by atoms with Crippen LogP contribution in [0.2, 0.25) is 0 Å². The van der Waals surface area contributed by atoms with Crippen molar-refractivity contribution in [3.05, 3.63) is 12.4 Å². The minimum absolute atomic E-state index is 0.380. The summed E-state index contributed by atoms with van der Waals surface area (Å²) in [4.78, 5) is 0. The van der Waals surface area contributed by atoms with Crippen LogP contribution in [-0.4, -0.2) is 50.8 Å². The van der Waals surface area contributed by atoms with Crippen LogP contribution in [-0.2, 0) is 6.54 Å². The standard InChI is InChI=1S/C10H6F13N3/c11-5(12,1-3-26-4-2-24-25-26)6(13,14)7(15,16)8(17,18)9(19,20)10(21,22)23/h2,4H,1,3H2. The fourth-order valence-electron chi connectivity index (χ4n) is 1.57. The lowest BCUT2D eigenvalue weighted by Crippen LogP contribution is -2.70. The molecule has 26 heavy (non-hydrogen) atoms. The molecule has 1 rings (SSSR count). The number of aromatic nitrogens is 3. The quantitative estimate of drug-likeness (QED) is 0.618. The predicted octanol–water partition coefficient (Wildman–Crippen LogP) is 4.41. The van der Waals surface area contributed by atoms with Crippen molar-refractivity contribution in [1.29, 1.82) is 0 Å². The first-order valence-corrected chi connectivity index (χ1v) is 6.13. The Bertz CT molecular complexity index is 604. The monoisotopic (exact) mass is 415 g/mol. The third-order valence-corrected chi connectivity index (χ3v) is 3.13. The van der Waals surface area contributed by atoms with E-state index in [9.17, 15) is 57.1 Å². The average molecular weight is 415 g/mol. The summed E-state index contributed by atoms with van der Waals surface area (Å²) in [6, 6.07) is 0. The Morgan fingerprint density at radius 3 is 1.50 bits per heavy atom. The van der Waals surface area contributed by atoms with Gasteiger partial charge in [0, 0.05) is 19.2 Å². The molecule has 1 heterocycles. The number of rotatable bonds is 7. The van der Waals surface area contributed by atoms with E-state index in [0.717, 1.165) is 12.4 Å². The molecule has 16 heteroatoms.